The molecule has 0 aliphatic heterocycles. The number of hydrogen-bond acceptors (Lipinski definition) is 3. The quantitative estimate of drug-likeness (QED) is 0.815. The molecule has 0 fully saturated rings. The summed E-state index contributed by atoms with van der Waals surface area (Å²) >= 11 is 3.74. The van der Waals surface area contributed by atoms with Gasteiger partial charge in [0.1, 0.15) is 0 Å². The Balaban J connectivity index is 2.29. The summed E-state index contributed by atoms with van der Waals surface area (Å²) in [6.45, 7) is 8.55. The largest absolute Gasteiger partial charge is 0.327 e. The van der Waals surface area contributed by atoms with Crippen molar-refractivity contribution in [3.05, 3.63) is 51.2 Å². The Morgan fingerprint density at radius 1 is 1.11 bits per heavy atom. The van der Waals surface area contributed by atoms with E-state index >= 15 is 0 Å². The maximum atomic E-state index is 6.20. The van der Waals surface area contributed by atoms with Crippen molar-refractivity contribution in [2.24, 2.45) is 5.73 Å². The van der Waals surface area contributed by atoms with E-state index in [9.17, 15) is 0 Å². The minimum absolute atomic E-state index is 0.142. The molecule has 0 spiro atoms. The van der Waals surface area contributed by atoms with Gasteiger partial charge in [0.05, 0.1) is 5.25 Å². The summed E-state index contributed by atoms with van der Waals surface area (Å²) in [6, 6.07) is 11.1. The topological polar surface area (TPSA) is 26.0 Å². The first kappa shape index (κ1) is 14.6. The van der Waals surface area contributed by atoms with Gasteiger partial charge < -0.3 is 5.73 Å². The highest BCUT2D eigenvalue weighted by Crippen LogP contribution is 2.41. The monoisotopic (exact) mass is 291 g/mol. The Kier molecular flexibility index (Phi) is 4.71. The number of rotatable bonds is 4. The van der Waals surface area contributed by atoms with Crippen LogP contribution in [0, 0.1) is 20.8 Å². The van der Waals surface area contributed by atoms with Crippen molar-refractivity contribution in [1.29, 1.82) is 0 Å². The molecule has 0 bridgehead atoms. The van der Waals surface area contributed by atoms with Crippen LogP contribution >= 0.6 is 23.1 Å². The molecule has 19 heavy (non-hydrogen) atoms. The lowest BCUT2D eigenvalue weighted by atomic mass is 10.2. The molecule has 2 N–H and O–H groups in total. The van der Waals surface area contributed by atoms with Crippen molar-refractivity contribution in [2.75, 3.05) is 0 Å². The van der Waals surface area contributed by atoms with Gasteiger partial charge in [-0.25, -0.2) is 0 Å². The van der Waals surface area contributed by atoms with E-state index in [1.165, 1.54) is 25.8 Å². The van der Waals surface area contributed by atoms with Crippen LogP contribution in [-0.2, 0) is 0 Å². The molecule has 2 aromatic rings. The van der Waals surface area contributed by atoms with Crippen LogP contribution in [0.2, 0.25) is 0 Å². The third-order valence-electron chi connectivity index (χ3n) is 3.12. The average molecular weight is 291 g/mol. The normalized spacial score (nSPS) is 14.4. The number of nitrogens with two attached hydrogens (primary N) is 1. The van der Waals surface area contributed by atoms with E-state index < -0.39 is 0 Å². The molecular formula is C16H21NS2. The Labute approximate surface area is 124 Å². The fourth-order valence-corrected chi connectivity index (χ4v) is 4.46. The van der Waals surface area contributed by atoms with Gasteiger partial charge in [0.15, 0.2) is 0 Å². The summed E-state index contributed by atoms with van der Waals surface area (Å²) in [5.41, 5.74) is 8.83. The van der Waals surface area contributed by atoms with Gasteiger partial charge in [-0.3, -0.25) is 0 Å². The fourth-order valence-electron chi connectivity index (χ4n) is 2.00. The van der Waals surface area contributed by atoms with Crippen molar-refractivity contribution < 1.29 is 0 Å². The molecule has 0 amide bonds. The molecule has 3 heteroatoms. The smallest absolute Gasteiger partial charge is 0.0586 e. The number of thiophene rings is 1. The molecule has 102 valence electrons. The zero-order valence-electron chi connectivity index (χ0n) is 11.9. The van der Waals surface area contributed by atoms with Crippen LogP contribution in [0.25, 0.3) is 0 Å². The van der Waals surface area contributed by atoms with Crippen LogP contribution in [0.5, 0.6) is 0 Å². The molecule has 1 aromatic carbocycles. The number of benzene rings is 1. The van der Waals surface area contributed by atoms with Gasteiger partial charge >= 0.3 is 0 Å². The molecule has 0 radical (unpaired) electrons. The SMILES string of the molecule is Cc1ccc(C)c(SC(c2ccc(C)s2)C(C)N)c1. The zero-order chi connectivity index (χ0) is 14.0. The summed E-state index contributed by atoms with van der Waals surface area (Å²) < 4.78 is 0. The standard InChI is InChI=1S/C16H21NS2/c1-10-5-6-11(2)15(9-10)19-16(13(4)17)14-8-7-12(3)18-14/h5-9,13,16H,17H2,1-4H3. The maximum absolute atomic E-state index is 6.20. The van der Waals surface area contributed by atoms with Crippen LogP contribution in [0.1, 0.15) is 33.1 Å². The van der Waals surface area contributed by atoms with Gasteiger partial charge in [-0.2, -0.15) is 0 Å². The third kappa shape index (κ3) is 3.62. The molecule has 0 aliphatic rings. The molecule has 0 saturated heterocycles. The summed E-state index contributed by atoms with van der Waals surface area (Å²) in [6.07, 6.45) is 0. The molecule has 2 rings (SSSR count). The highest BCUT2D eigenvalue weighted by molar-refractivity contribution is 7.99. The molecule has 1 aromatic heterocycles. The van der Waals surface area contributed by atoms with Crippen LogP contribution in [0.3, 0.4) is 0 Å². The minimum atomic E-state index is 0.142. The van der Waals surface area contributed by atoms with Gasteiger partial charge in [0.2, 0.25) is 0 Å². The Hall–Kier alpha value is -0.770. The first-order chi connectivity index (χ1) is 8.97. The van der Waals surface area contributed by atoms with Crippen LogP contribution in [0.4, 0.5) is 0 Å². The van der Waals surface area contributed by atoms with Crippen LogP contribution in [0.15, 0.2) is 35.2 Å². The van der Waals surface area contributed by atoms with E-state index in [0.29, 0.717) is 5.25 Å². The molecule has 2 unspecified atom stereocenters. The van der Waals surface area contributed by atoms with Crippen molar-refractivity contribution >= 4 is 23.1 Å². The summed E-state index contributed by atoms with van der Waals surface area (Å²) in [5, 5.41) is 0.333. The highest BCUT2D eigenvalue weighted by Gasteiger charge is 2.20. The van der Waals surface area contributed by atoms with Gasteiger partial charge in [0, 0.05) is 20.7 Å². The van der Waals surface area contributed by atoms with Crippen LogP contribution in [-0.4, -0.2) is 6.04 Å². The van der Waals surface area contributed by atoms with E-state index in [2.05, 4.69) is 58.0 Å². The van der Waals surface area contributed by atoms with E-state index in [1.54, 1.807) is 0 Å². The van der Waals surface area contributed by atoms with Gasteiger partial charge in [-0.1, -0.05) is 17.7 Å². The van der Waals surface area contributed by atoms with Crippen molar-refractivity contribution in [1.82, 2.24) is 0 Å². The molecule has 0 saturated carbocycles. The maximum Gasteiger partial charge on any atom is 0.0586 e. The van der Waals surface area contributed by atoms with Crippen molar-refractivity contribution in [3.8, 4) is 0 Å². The summed E-state index contributed by atoms with van der Waals surface area (Å²) in [7, 11) is 0. The highest BCUT2D eigenvalue weighted by atomic mass is 32.2. The molecule has 1 nitrogen and oxygen atoms in total. The fraction of sp³-hybridized carbons (Fsp3) is 0.375. The second-order valence-corrected chi connectivity index (χ2v) is 7.62. The molecule has 1 heterocycles. The third-order valence-corrected chi connectivity index (χ3v) is 5.98. The van der Waals surface area contributed by atoms with E-state index in [0.717, 1.165) is 0 Å². The molecule has 0 aliphatic carbocycles. The zero-order valence-corrected chi connectivity index (χ0v) is 13.6. The van der Waals surface area contributed by atoms with Crippen molar-refractivity contribution in [2.45, 2.75) is 43.9 Å². The lowest BCUT2D eigenvalue weighted by molar-refractivity contribution is 0.730. The number of hydrogen-bond donors (Lipinski definition) is 1. The average Bonchev–Trinajstić information content (AvgIpc) is 2.76. The second kappa shape index (κ2) is 6.12. The lowest BCUT2D eigenvalue weighted by Gasteiger charge is -2.20. The molecular weight excluding hydrogens is 270 g/mol. The van der Waals surface area contributed by atoms with Gasteiger partial charge in [0.25, 0.3) is 0 Å². The van der Waals surface area contributed by atoms with Gasteiger partial charge in [-0.05, 0) is 51.5 Å². The van der Waals surface area contributed by atoms with E-state index in [-0.39, 0.29) is 6.04 Å². The number of thioether (sulfide) groups is 1. The lowest BCUT2D eigenvalue weighted by Crippen LogP contribution is -2.21. The van der Waals surface area contributed by atoms with E-state index in [4.69, 9.17) is 5.73 Å². The van der Waals surface area contributed by atoms with E-state index in [1.807, 2.05) is 23.1 Å². The molecule has 2 atom stereocenters. The van der Waals surface area contributed by atoms with Gasteiger partial charge in [-0.15, -0.1) is 23.1 Å². The van der Waals surface area contributed by atoms with Crippen LogP contribution < -0.4 is 5.73 Å². The first-order valence-corrected chi connectivity index (χ1v) is 8.23. The predicted molar refractivity (Wildman–Crippen MR) is 87.2 cm³/mol. The Bertz CT molecular complexity index is 558. The second-order valence-electron chi connectivity index (χ2n) is 5.11. The Morgan fingerprint density at radius 2 is 1.84 bits per heavy atom. The Morgan fingerprint density at radius 3 is 2.42 bits per heavy atom. The summed E-state index contributed by atoms with van der Waals surface area (Å²) in [5.74, 6) is 0. The number of aryl methyl sites for hydroxylation is 3. The predicted octanol–water partition coefficient (Wildman–Crippen LogP) is 4.85. The first-order valence-electron chi connectivity index (χ1n) is 6.53. The summed E-state index contributed by atoms with van der Waals surface area (Å²) in [4.78, 5) is 4.06. The minimum Gasteiger partial charge on any atom is -0.327 e. The van der Waals surface area contributed by atoms with Crippen molar-refractivity contribution in [3.63, 3.8) is 0 Å².